The molecule has 5 rings (SSSR count). The number of hydrazine groups is 1. The summed E-state index contributed by atoms with van der Waals surface area (Å²) in [5, 5.41) is 7.93. The van der Waals surface area contributed by atoms with E-state index in [2.05, 4.69) is 16.1 Å². The molecule has 240 valence electrons. The Morgan fingerprint density at radius 1 is 0.978 bits per heavy atom. The number of nitrogens with one attached hydrogen (secondary N) is 3. The van der Waals surface area contributed by atoms with Crippen molar-refractivity contribution < 1.29 is 33.4 Å². The summed E-state index contributed by atoms with van der Waals surface area (Å²) in [6.07, 6.45) is 4.58. The van der Waals surface area contributed by atoms with Crippen LogP contribution in [-0.2, 0) is 33.4 Å². The Balaban J connectivity index is 1.55. The highest BCUT2D eigenvalue weighted by atomic mass is 16.7. The summed E-state index contributed by atoms with van der Waals surface area (Å²) in [7, 11) is 0. The first-order valence-electron chi connectivity index (χ1n) is 15.2. The number of amides is 3. The van der Waals surface area contributed by atoms with Crippen LogP contribution in [-0.4, -0.2) is 71.3 Å². The average Bonchev–Trinajstić information content (AvgIpc) is 3.01. The van der Waals surface area contributed by atoms with Crippen LogP contribution in [0, 0.1) is 5.41 Å². The van der Waals surface area contributed by atoms with Crippen molar-refractivity contribution in [3.8, 4) is 0 Å². The second kappa shape index (κ2) is 12.7. The number of benzene rings is 1. The molecule has 0 aliphatic carbocycles. The van der Waals surface area contributed by atoms with E-state index in [0.717, 1.165) is 10.9 Å². The van der Waals surface area contributed by atoms with Gasteiger partial charge in [0.2, 0.25) is 5.91 Å². The van der Waals surface area contributed by atoms with Crippen molar-refractivity contribution in [2.45, 2.75) is 78.3 Å². The second-order valence-electron chi connectivity index (χ2n) is 12.6. The van der Waals surface area contributed by atoms with Gasteiger partial charge in [-0.1, -0.05) is 30.4 Å². The largest absolute Gasteiger partial charge is 0.420 e. The van der Waals surface area contributed by atoms with Crippen LogP contribution in [0.4, 0.5) is 0 Å². The molecule has 2 saturated heterocycles. The van der Waals surface area contributed by atoms with Gasteiger partial charge in [0.1, 0.15) is 17.5 Å². The number of allylic oxidation sites excluding steroid dienone is 1. The smallest absolute Gasteiger partial charge is 0.326 e. The summed E-state index contributed by atoms with van der Waals surface area (Å²) >= 11 is 0. The molecule has 0 saturated carbocycles. The number of esters is 1. The molecular weight excluding hydrogens is 578 g/mol. The molecule has 1 aromatic heterocycles. The third-order valence-electron chi connectivity index (χ3n) is 8.24. The van der Waals surface area contributed by atoms with Gasteiger partial charge in [-0.05, 0) is 77.7 Å². The molecule has 2 fully saturated rings. The number of carbonyl (C=O) groups is 4. The van der Waals surface area contributed by atoms with E-state index < -0.39 is 47.1 Å². The summed E-state index contributed by atoms with van der Waals surface area (Å²) < 4.78 is 17.6. The molecule has 0 radical (unpaired) electrons. The minimum absolute atomic E-state index is 0.0448. The Labute approximate surface area is 262 Å². The van der Waals surface area contributed by atoms with Gasteiger partial charge in [-0.25, -0.2) is 5.43 Å². The van der Waals surface area contributed by atoms with Crippen LogP contribution in [0.25, 0.3) is 17.0 Å². The maximum Gasteiger partial charge on any atom is 0.326 e. The quantitative estimate of drug-likeness (QED) is 0.299. The van der Waals surface area contributed by atoms with Crippen molar-refractivity contribution in [3.05, 3.63) is 59.0 Å². The Kier molecular flexibility index (Phi) is 9.11. The third-order valence-corrected chi connectivity index (χ3v) is 8.24. The number of carbonyl (C=O) groups excluding carboxylic acids is 4. The summed E-state index contributed by atoms with van der Waals surface area (Å²) in [6.45, 7) is 10.5. The number of ether oxygens (including phenoxy) is 3. The molecule has 4 heterocycles. The number of fused-ring (bicyclic) bond motifs is 4. The molecular formula is C33H41N5O7. The number of aromatic nitrogens is 1. The van der Waals surface area contributed by atoms with Gasteiger partial charge >= 0.3 is 5.97 Å². The highest BCUT2D eigenvalue weighted by Gasteiger charge is 2.46. The first kappa shape index (κ1) is 32.3. The molecule has 3 aliphatic heterocycles. The van der Waals surface area contributed by atoms with Gasteiger partial charge in [0.25, 0.3) is 11.8 Å². The third kappa shape index (κ3) is 7.08. The fourth-order valence-electron chi connectivity index (χ4n) is 5.37. The van der Waals surface area contributed by atoms with Crippen LogP contribution < -0.4 is 16.1 Å². The van der Waals surface area contributed by atoms with E-state index in [1.54, 1.807) is 46.8 Å². The number of hydrogen-bond donors (Lipinski definition) is 3. The lowest BCUT2D eigenvalue weighted by Crippen LogP contribution is -2.61. The number of pyridine rings is 1. The van der Waals surface area contributed by atoms with Crippen LogP contribution >= 0.6 is 0 Å². The van der Waals surface area contributed by atoms with Crippen LogP contribution in [0.1, 0.15) is 71.7 Å². The van der Waals surface area contributed by atoms with Crippen LogP contribution in [0.2, 0.25) is 0 Å². The molecule has 0 unspecified atom stereocenters. The molecule has 3 atom stereocenters. The van der Waals surface area contributed by atoms with Gasteiger partial charge in [0, 0.05) is 11.9 Å². The van der Waals surface area contributed by atoms with E-state index in [4.69, 9.17) is 19.2 Å². The lowest BCUT2D eigenvalue weighted by Gasteiger charge is -2.40. The van der Waals surface area contributed by atoms with Crippen molar-refractivity contribution in [3.63, 3.8) is 0 Å². The zero-order valence-electron chi connectivity index (χ0n) is 26.6. The monoisotopic (exact) mass is 619 g/mol. The Bertz CT molecular complexity index is 1570. The molecule has 2 aromatic rings. The highest BCUT2D eigenvalue weighted by Crippen LogP contribution is 2.34. The first-order valence-corrected chi connectivity index (χ1v) is 15.2. The number of rotatable bonds is 0. The Morgan fingerprint density at radius 3 is 2.40 bits per heavy atom. The maximum absolute atomic E-state index is 13.9. The molecule has 5 bridgehead atoms. The van der Waals surface area contributed by atoms with E-state index >= 15 is 0 Å². The van der Waals surface area contributed by atoms with Crippen LogP contribution in [0.5, 0.6) is 0 Å². The predicted molar refractivity (Wildman–Crippen MR) is 166 cm³/mol. The molecule has 12 nitrogen and oxygen atoms in total. The molecule has 1 aromatic carbocycles. The van der Waals surface area contributed by atoms with Crippen LogP contribution in [0.3, 0.4) is 0 Å². The Hall–Kier alpha value is -4.13. The summed E-state index contributed by atoms with van der Waals surface area (Å²) in [4.78, 5) is 58.7. The van der Waals surface area contributed by atoms with E-state index in [9.17, 15) is 19.2 Å². The minimum atomic E-state index is -1.37. The van der Waals surface area contributed by atoms with Gasteiger partial charge in [-0.2, -0.15) is 0 Å². The second-order valence-corrected chi connectivity index (χ2v) is 12.6. The fourth-order valence-corrected chi connectivity index (χ4v) is 5.37. The SMILES string of the molecule is CC(C)=C1OC(=O)C2(/C=C/c3ccc4ccc(nc4c3)[C@@H](C)NC(=O)[C@@H]3CCCN(N3)C(=O)[C@H](C)NC1=O)COC(C)(C)OC2. The molecule has 45 heavy (non-hydrogen) atoms. The molecule has 12 heteroatoms. The number of cyclic esters (lactones) is 1. The topological polar surface area (TPSA) is 148 Å². The van der Waals surface area contributed by atoms with E-state index in [1.165, 1.54) is 5.01 Å². The highest BCUT2D eigenvalue weighted by molar-refractivity contribution is 5.98. The zero-order valence-corrected chi connectivity index (χ0v) is 26.6. The number of nitrogens with zero attached hydrogens (tertiary/aromatic N) is 2. The van der Waals surface area contributed by atoms with E-state index in [0.29, 0.717) is 36.2 Å². The summed E-state index contributed by atoms with van der Waals surface area (Å²) in [6, 6.07) is 7.51. The lowest BCUT2D eigenvalue weighted by molar-refractivity contribution is -0.275. The molecule has 3 N–H and O–H groups in total. The van der Waals surface area contributed by atoms with Gasteiger partial charge in [-0.15, -0.1) is 0 Å². The number of hydrogen-bond acceptors (Lipinski definition) is 9. The maximum atomic E-state index is 13.9. The summed E-state index contributed by atoms with van der Waals surface area (Å²) in [5.41, 5.74) is 4.24. The minimum Gasteiger partial charge on any atom is -0.420 e. The van der Waals surface area contributed by atoms with E-state index in [1.807, 2.05) is 37.3 Å². The van der Waals surface area contributed by atoms with E-state index in [-0.39, 0.29) is 24.9 Å². The zero-order chi connectivity index (χ0) is 32.5. The summed E-state index contributed by atoms with van der Waals surface area (Å²) in [5.74, 6) is -3.27. The van der Waals surface area contributed by atoms with Crippen LogP contribution in [0.15, 0.2) is 47.7 Å². The van der Waals surface area contributed by atoms with Gasteiger partial charge in [0.15, 0.2) is 11.5 Å². The lowest BCUT2D eigenvalue weighted by atomic mass is 9.87. The Morgan fingerprint density at radius 2 is 1.69 bits per heavy atom. The van der Waals surface area contributed by atoms with Gasteiger partial charge in [0.05, 0.1) is 30.5 Å². The average molecular weight is 620 g/mol. The standard InChI is InChI=1S/C33H41N5O7/c1-19(2)27-29(40)35-21(4)30(41)38-15-7-8-25(37-38)28(39)34-20(3)24-12-11-23-10-9-22(16-26(23)36-24)13-14-33(31(42)45-27)17-43-32(5,6)44-18-33/h9-14,16,20-21,25,37H,7-8,15,17-18H2,1-6H3,(H,34,39)(H,35,40)/b14-13+/t20-,21+,25+/m1/s1. The predicted octanol–water partition coefficient (Wildman–Crippen LogP) is 3.05. The molecule has 3 aliphatic rings. The first-order chi connectivity index (χ1) is 21.3. The van der Waals surface area contributed by atoms with Gasteiger partial charge < -0.3 is 24.8 Å². The van der Waals surface area contributed by atoms with Crippen molar-refractivity contribution >= 4 is 40.7 Å². The van der Waals surface area contributed by atoms with Crippen molar-refractivity contribution in [2.75, 3.05) is 19.8 Å². The molecule has 1 spiro atoms. The normalized spacial score (nSPS) is 26.7. The molecule has 3 amide bonds. The van der Waals surface area contributed by atoms with Crippen molar-refractivity contribution in [2.24, 2.45) is 5.41 Å². The van der Waals surface area contributed by atoms with Crippen molar-refractivity contribution in [1.82, 2.24) is 26.1 Å². The fraction of sp³-hybridized carbons (Fsp3) is 0.485. The van der Waals surface area contributed by atoms with Crippen molar-refractivity contribution in [1.29, 1.82) is 0 Å². The van der Waals surface area contributed by atoms with Gasteiger partial charge in [-0.3, -0.25) is 29.2 Å².